The smallest absolute Gasteiger partial charge is 0.139 e. The van der Waals surface area contributed by atoms with Gasteiger partial charge in [0.1, 0.15) is 18.3 Å². The molecule has 6 heteroatoms. The van der Waals surface area contributed by atoms with Crippen molar-refractivity contribution in [2.24, 2.45) is 7.05 Å². The second kappa shape index (κ2) is 8.80. The van der Waals surface area contributed by atoms with Crippen molar-refractivity contribution >= 4 is 29.4 Å². The van der Waals surface area contributed by atoms with Crippen LogP contribution in [0.15, 0.2) is 43.4 Å². The van der Waals surface area contributed by atoms with Crippen LogP contribution in [-0.4, -0.2) is 26.3 Å². The van der Waals surface area contributed by atoms with Crippen LogP contribution in [0.4, 0.5) is 0 Å². The van der Waals surface area contributed by atoms with Gasteiger partial charge in [-0.3, -0.25) is 0 Å². The molecule has 0 spiro atoms. The van der Waals surface area contributed by atoms with Gasteiger partial charge in [0.15, 0.2) is 0 Å². The molecule has 3 heterocycles. The van der Waals surface area contributed by atoms with Gasteiger partial charge in [0.2, 0.25) is 0 Å². The van der Waals surface area contributed by atoms with Gasteiger partial charge < -0.3 is 9.36 Å². The molecule has 0 radical (unpaired) electrons. The topological polar surface area (TPSA) is 60.7 Å². The summed E-state index contributed by atoms with van der Waals surface area (Å²) in [5.74, 6) is 0.697. The third-order valence-corrected chi connectivity index (χ3v) is 3.12. The average Bonchev–Trinajstić information content (AvgIpc) is 2.93. The van der Waals surface area contributed by atoms with E-state index in [2.05, 4.69) is 21.5 Å². The molecule has 0 amide bonds. The fraction of sp³-hybridized carbons (Fsp3) is 0.176. The van der Waals surface area contributed by atoms with Gasteiger partial charge in [0.05, 0.1) is 10.7 Å². The summed E-state index contributed by atoms with van der Waals surface area (Å²) in [6, 6.07) is 4.06. The molecule has 5 nitrogen and oxygen atoms in total. The Morgan fingerprint density at radius 3 is 2.57 bits per heavy atom. The lowest BCUT2D eigenvalue weighted by molar-refractivity contribution is -0.0979. The van der Waals surface area contributed by atoms with Crippen molar-refractivity contribution in [1.82, 2.24) is 19.5 Å². The van der Waals surface area contributed by atoms with Crippen LogP contribution in [-0.2, 0) is 11.8 Å². The Morgan fingerprint density at radius 2 is 1.91 bits per heavy atom. The lowest BCUT2D eigenvalue weighted by Crippen LogP contribution is -1.93. The first-order chi connectivity index (χ1) is 11.1. The van der Waals surface area contributed by atoms with E-state index in [-0.39, 0.29) is 0 Å². The summed E-state index contributed by atoms with van der Waals surface area (Å²) in [4.78, 5) is 20.9. The zero-order chi connectivity index (χ0) is 17.4. The lowest BCUT2D eigenvalue weighted by Gasteiger charge is -2.04. The molecule has 3 rings (SSSR count). The minimum atomic E-state index is 0.540. The maximum atomic E-state index is 8.00. The predicted molar refractivity (Wildman–Crippen MR) is 94.5 cm³/mol. The summed E-state index contributed by atoms with van der Waals surface area (Å²) in [5.41, 5.74) is 2.58. The Balaban J connectivity index is 0.000000477. The first kappa shape index (κ1) is 18.5. The van der Waals surface area contributed by atoms with Gasteiger partial charge in [0.25, 0.3) is 0 Å². The molecule has 3 aromatic rings. The minimum absolute atomic E-state index is 0.540. The summed E-state index contributed by atoms with van der Waals surface area (Å²) in [6.07, 6.45) is 7.14. The SMILES string of the molecule is C=CC.C=O.Cc1ncc(Cl)c(-c2cnc3c(ccn3C)c2)n1. The van der Waals surface area contributed by atoms with Crippen molar-refractivity contribution in [3.63, 3.8) is 0 Å². The fourth-order valence-electron chi connectivity index (χ4n) is 1.94. The summed E-state index contributed by atoms with van der Waals surface area (Å²) in [5, 5.41) is 1.61. The number of fused-ring (bicyclic) bond motifs is 1. The molecule has 0 N–H and O–H groups in total. The summed E-state index contributed by atoms with van der Waals surface area (Å²) in [7, 11) is 1.97. The van der Waals surface area contributed by atoms with Gasteiger partial charge >= 0.3 is 0 Å². The number of nitrogens with zero attached hydrogens (tertiary/aromatic N) is 4. The first-order valence-electron chi connectivity index (χ1n) is 6.83. The lowest BCUT2D eigenvalue weighted by atomic mass is 10.2. The maximum absolute atomic E-state index is 8.00. The van der Waals surface area contributed by atoms with Crippen LogP contribution in [0, 0.1) is 6.92 Å². The van der Waals surface area contributed by atoms with E-state index in [1.807, 2.05) is 50.6 Å². The standard InChI is InChI=1S/C13H11ClN4.C3H6.CH2O/c1-8-15-7-11(14)12(17-8)10-5-9-3-4-18(2)13(9)16-6-10;1-3-2;1-2/h3-7H,1-2H3;3H,1H2,2H3;1H2. The summed E-state index contributed by atoms with van der Waals surface area (Å²) >= 11 is 6.13. The van der Waals surface area contributed by atoms with E-state index in [1.54, 1.807) is 18.5 Å². The van der Waals surface area contributed by atoms with Crippen LogP contribution < -0.4 is 0 Å². The van der Waals surface area contributed by atoms with E-state index in [9.17, 15) is 0 Å². The highest BCUT2D eigenvalue weighted by Gasteiger charge is 2.09. The van der Waals surface area contributed by atoms with E-state index in [0.717, 1.165) is 22.3 Å². The van der Waals surface area contributed by atoms with Crippen molar-refractivity contribution in [2.75, 3.05) is 0 Å². The van der Waals surface area contributed by atoms with Gasteiger partial charge in [-0.1, -0.05) is 17.7 Å². The predicted octanol–water partition coefficient (Wildman–Crippen LogP) is 4.00. The molecule has 0 aliphatic rings. The molecule has 0 saturated heterocycles. The van der Waals surface area contributed by atoms with Crippen LogP contribution in [0.25, 0.3) is 22.3 Å². The largest absolute Gasteiger partial charge is 0.336 e. The Morgan fingerprint density at radius 1 is 1.26 bits per heavy atom. The molecule has 120 valence electrons. The molecule has 3 aromatic heterocycles. The fourth-order valence-corrected chi connectivity index (χ4v) is 2.14. The molecule has 0 aromatic carbocycles. The van der Waals surface area contributed by atoms with E-state index in [4.69, 9.17) is 16.4 Å². The van der Waals surface area contributed by atoms with Gasteiger partial charge in [-0.25, -0.2) is 15.0 Å². The quantitative estimate of drug-likeness (QED) is 0.633. The molecular weight excluding hydrogens is 312 g/mol. The average molecular weight is 331 g/mol. The van der Waals surface area contributed by atoms with Crippen LogP contribution in [0.5, 0.6) is 0 Å². The second-order valence-corrected chi connectivity index (χ2v) is 4.99. The van der Waals surface area contributed by atoms with Crippen molar-refractivity contribution in [1.29, 1.82) is 0 Å². The number of halogens is 1. The van der Waals surface area contributed by atoms with E-state index in [1.165, 1.54) is 0 Å². The number of aryl methyl sites for hydroxylation is 2. The number of hydrogen-bond donors (Lipinski definition) is 0. The third-order valence-electron chi connectivity index (χ3n) is 2.84. The van der Waals surface area contributed by atoms with Crippen molar-refractivity contribution < 1.29 is 4.79 Å². The molecule has 0 aliphatic carbocycles. The molecule has 0 atom stereocenters. The van der Waals surface area contributed by atoms with Crippen LogP contribution in [0.3, 0.4) is 0 Å². The first-order valence-corrected chi connectivity index (χ1v) is 7.21. The summed E-state index contributed by atoms with van der Waals surface area (Å²) < 4.78 is 1.98. The molecule has 0 unspecified atom stereocenters. The van der Waals surface area contributed by atoms with Crippen molar-refractivity contribution in [3.8, 4) is 11.3 Å². The normalized spacial score (nSPS) is 9.39. The minimum Gasteiger partial charge on any atom is -0.336 e. The molecular formula is C17H19ClN4O. The highest BCUT2D eigenvalue weighted by Crippen LogP contribution is 2.27. The zero-order valence-electron chi connectivity index (χ0n) is 13.5. The number of hydrogen-bond acceptors (Lipinski definition) is 4. The van der Waals surface area contributed by atoms with E-state index >= 15 is 0 Å². The van der Waals surface area contributed by atoms with E-state index in [0.29, 0.717) is 10.8 Å². The molecule has 0 aliphatic heterocycles. The number of rotatable bonds is 1. The van der Waals surface area contributed by atoms with Crippen LogP contribution >= 0.6 is 11.6 Å². The Labute approximate surface area is 140 Å². The number of aromatic nitrogens is 4. The monoisotopic (exact) mass is 330 g/mol. The Bertz CT molecular complexity index is 798. The number of pyridine rings is 1. The highest BCUT2D eigenvalue weighted by atomic mass is 35.5. The van der Waals surface area contributed by atoms with Gasteiger partial charge in [-0.15, -0.1) is 6.58 Å². The third kappa shape index (κ3) is 4.47. The van der Waals surface area contributed by atoms with Crippen molar-refractivity contribution in [3.05, 3.63) is 54.2 Å². The van der Waals surface area contributed by atoms with E-state index < -0.39 is 0 Å². The van der Waals surface area contributed by atoms with Crippen molar-refractivity contribution in [2.45, 2.75) is 13.8 Å². The Kier molecular flexibility index (Phi) is 7.09. The zero-order valence-corrected chi connectivity index (χ0v) is 14.2. The van der Waals surface area contributed by atoms with Crippen LogP contribution in [0.2, 0.25) is 5.02 Å². The molecule has 0 saturated carbocycles. The second-order valence-electron chi connectivity index (χ2n) is 4.59. The number of allylic oxidation sites excluding steroid dienone is 1. The van der Waals surface area contributed by atoms with Gasteiger partial charge in [0, 0.05) is 36.6 Å². The maximum Gasteiger partial charge on any atom is 0.139 e. The Hall–Kier alpha value is -2.53. The molecule has 0 fully saturated rings. The van der Waals surface area contributed by atoms with Gasteiger partial charge in [-0.2, -0.15) is 0 Å². The number of carbonyl (C=O) groups is 1. The number of carbonyl (C=O) groups excluding carboxylic acids is 1. The highest BCUT2D eigenvalue weighted by molar-refractivity contribution is 6.32. The molecule has 0 bridgehead atoms. The van der Waals surface area contributed by atoms with Crippen LogP contribution in [0.1, 0.15) is 12.7 Å². The summed E-state index contributed by atoms with van der Waals surface area (Å²) in [6.45, 7) is 9.09. The molecule has 23 heavy (non-hydrogen) atoms. The van der Waals surface area contributed by atoms with Gasteiger partial charge in [-0.05, 0) is 26.0 Å².